The van der Waals surface area contributed by atoms with Crippen molar-refractivity contribution in [3.05, 3.63) is 81.3 Å². The smallest absolute Gasteiger partial charge is 0.119 e. The van der Waals surface area contributed by atoms with Crippen molar-refractivity contribution in [1.29, 1.82) is 0 Å². The third-order valence-electron chi connectivity index (χ3n) is 5.76. The van der Waals surface area contributed by atoms with Crippen LogP contribution >= 0.6 is 23.2 Å². The fourth-order valence-corrected chi connectivity index (χ4v) is 4.12. The van der Waals surface area contributed by atoms with Crippen LogP contribution in [0.4, 0.5) is 5.69 Å². The maximum atomic E-state index is 10.1. The molecule has 0 aliphatic rings. The zero-order valence-electron chi connectivity index (χ0n) is 22.6. The molecule has 0 fully saturated rings. The number of anilines is 1. The van der Waals surface area contributed by atoms with Gasteiger partial charge in [0, 0.05) is 30.7 Å². The lowest BCUT2D eigenvalue weighted by Gasteiger charge is -2.23. The molecule has 8 nitrogen and oxygen atoms in total. The molecule has 0 aromatic heterocycles. The topological polar surface area (TPSA) is 151 Å². The van der Waals surface area contributed by atoms with Crippen molar-refractivity contribution in [2.45, 2.75) is 57.9 Å². The van der Waals surface area contributed by atoms with Gasteiger partial charge in [-0.05, 0) is 87.2 Å². The lowest BCUT2D eigenvalue weighted by molar-refractivity contribution is 0.163. The van der Waals surface area contributed by atoms with Crippen LogP contribution in [0.1, 0.15) is 56.6 Å². The van der Waals surface area contributed by atoms with E-state index in [1.807, 2.05) is 39.8 Å². The van der Waals surface area contributed by atoms with Crippen LogP contribution in [0.3, 0.4) is 0 Å². The molecule has 10 heteroatoms. The van der Waals surface area contributed by atoms with E-state index in [1.54, 1.807) is 24.3 Å². The Morgan fingerprint density at radius 2 is 1.26 bits per heavy atom. The number of phenolic OH excluding ortho intramolecular Hbond substituents is 3. The number of aliphatic hydroxyl groups is 2. The minimum atomic E-state index is -0.819. The van der Waals surface area contributed by atoms with Gasteiger partial charge in [0.05, 0.1) is 27.9 Å². The lowest BCUT2D eigenvalue weighted by Crippen LogP contribution is -2.38. The van der Waals surface area contributed by atoms with Gasteiger partial charge in [0.15, 0.2) is 0 Å². The fourth-order valence-electron chi connectivity index (χ4n) is 3.62. The van der Waals surface area contributed by atoms with E-state index in [2.05, 4.69) is 10.6 Å². The minimum Gasteiger partial charge on any atom is -0.508 e. The van der Waals surface area contributed by atoms with Crippen LogP contribution in [-0.4, -0.2) is 50.2 Å². The number of hydrogen-bond acceptors (Lipinski definition) is 8. The molecule has 0 aliphatic heterocycles. The molecule has 9 N–H and O–H groups in total. The summed E-state index contributed by atoms with van der Waals surface area (Å²) in [7, 11) is 0. The third-order valence-corrected chi connectivity index (χ3v) is 6.38. The van der Waals surface area contributed by atoms with E-state index in [9.17, 15) is 25.5 Å². The van der Waals surface area contributed by atoms with Crippen LogP contribution in [0, 0.1) is 0 Å². The number of aliphatic hydroxyl groups excluding tert-OH is 2. The molecular formula is C29H39Cl2N3O5. The van der Waals surface area contributed by atoms with Crippen molar-refractivity contribution in [3.63, 3.8) is 0 Å². The fraction of sp³-hybridized carbons (Fsp3) is 0.379. The Morgan fingerprint density at radius 3 is 1.77 bits per heavy atom. The molecule has 0 heterocycles. The Balaban J connectivity index is 0.000000283. The maximum absolute atomic E-state index is 10.1. The van der Waals surface area contributed by atoms with Gasteiger partial charge in [-0.15, -0.1) is 0 Å². The molecule has 39 heavy (non-hydrogen) atoms. The predicted molar refractivity (Wildman–Crippen MR) is 158 cm³/mol. The summed E-state index contributed by atoms with van der Waals surface area (Å²) in [6.45, 7) is 8.83. The van der Waals surface area contributed by atoms with E-state index in [-0.39, 0.29) is 28.8 Å². The molecule has 3 rings (SSSR count). The van der Waals surface area contributed by atoms with Gasteiger partial charge >= 0.3 is 0 Å². The largest absolute Gasteiger partial charge is 0.508 e. The highest BCUT2D eigenvalue weighted by Crippen LogP contribution is 2.31. The van der Waals surface area contributed by atoms with E-state index in [0.717, 1.165) is 12.0 Å². The molecule has 3 unspecified atom stereocenters. The first kappa shape index (κ1) is 32.5. The van der Waals surface area contributed by atoms with Gasteiger partial charge in [-0.2, -0.15) is 0 Å². The Hall–Kier alpha value is -2.72. The van der Waals surface area contributed by atoms with Crippen LogP contribution in [-0.2, 0) is 6.42 Å². The number of nitrogen functional groups attached to an aromatic ring is 1. The molecule has 3 aromatic carbocycles. The SMILES string of the molecule is CC(C)(C)NCC(O)c1cc(Cl)c(N)c(Cl)c1.CC(Cc1ccc(O)cc1)NCC(O)c1cc(O)cc(O)c1. The number of rotatable bonds is 9. The van der Waals surface area contributed by atoms with E-state index in [4.69, 9.17) is 28.9 Å². The van der Waals surface area contributed by atoms with Gasteiger partial charge in [0.2, 0.25) is 0 Å². The van der Waals surface area contributed by atoms with Crippen molar-refractivity contribution >= 4 is 28.9 Å². The molecular weight excluding hydrogens is 541 g/mol. The second kappa shape index (κ2) is 14.6. The lowest BCUT2D eigenvalue weighted by atomic mass is 10.1. The van der Waals surface area contributed by atoms with Crippen molar-refractivity contribution in [2.75, 3.05) is 18.8 Å². The number of aromatic hydroxyl groups is 3. The highest BCUT2D eigenvalue weighted by molar-refractivity contribution is 6.38. The normalized spacial score (nSPS) is 13.7. The number of β-amino-alcohol motifs (C(OH)–C–C–N with tert-alkyl or cyclic N) is 1. The van der Waals surface area contributed by atoms with E-state index in [1.165, 1.54) is 18.2 Å². The average Bonchev–Trinajstić information content (AvgIpc) is 2.84. The highest BCUT2D eigenvalue weighted by atomic mass is 35.5. The van der Waals surface area contributed by atoms with Gasteiger partial charge in [0.1, 0.15) is 17.2 Å². The molecule has 0 amide bonds. The first-order valence-electron chi connectivity index (χ1n) is 12.5. The molecule has 3 aromatic rings. The van der Waals surface area contributed by atoms with E-state index in [0.29, 0.717) is 39.9 Å². The summed E-state index contributed by atoms with van der Waals surface area (Å²) in [5.41, 5.74) is 8.12. The summed E-state index contributed by atoms with van der Waals surface area (Å²) in [5.74, 6) is 0.0841. The second-order valence-corrected chi connectivity index (χ2v) is 11.3. The molecule has 0 aliphatic carbocycles. The van der Waals surface area contributed by atoms with Crippen molar-refractivity contribution < 1.29 is 25.5 Å². The quantitative estimate of drug-likeness (QED) is 0.164. The number of hydrogen-bond donors (Lipinski definition) is 8. The molecule has 214 valence electrons. The highest BCUT2D eigenvalue weighted by Gasteiger charge is 2.16. The third kappa shape index (κ3) is 11.5. The molecule has 0 spiro atoms. The number of halogens is 2. The first-order chi connectivity index (χ1) is 18.1. The summed E-state index contributed by atoms with van der Waals surface area (Å²) in [6, 6.07) is 14.5. The monoisotopic (exact) mass is 579 g/mol. The Kier molecular flexibility index (Phi) is 12.2. The maximum Gasteiger partial charge on any atom is 0.119 e. The Labute approximate surface area is 240 Å². The number of nitrogens with two attached hydrogens (primary N) is 1. The van der Waals surface area contributed by atoms with Crippen LogP contribution in [0.15, 0.2) is 54.6 Å². The summed E-state index contributed by atoms with van der Waals surface area (Å²) in [4.78, 5) is 0. The average molecular weight is 581 g/mol. The standard InChI is InChI=1S/C17H21NO4.C12H18Cl2N2O/c1-11(6-12-2-4-14(19)5-3-12)18-10-17(22)13-7-15(20)9-16(21)8-13;1-12(2,3)16-6-10(17)7-4-8(13)11(15)9(14)5-7/h2-5,7-9,11,17-22H,6,10H2,1H3;4-5,10,16-17H,6,15H2,1-3H3. The van der Waals surface area contributed by atoms with E-state index < -0.39 is 12.2 Å². The molecule has 0 saturated carbocycles. The van der Waals surface area contributed by atoms with Gasteiger partial charge < -0.3 is 41.9 Å². The van der Waals surface area contributed by atoms with Crippen LogP contribution < -0.4 is 16.4 Å². The number of phenols is 3. The molecule has 0 saturated heterocycles. The second-order valence-electron chi connectivity index (χ2n) is 10.5. The Bertz CT molecular complexity index is 1160. The summed E-state index contributed by atoms with van der Waals surface area (Å²) in [5, 5.41) is 55.3. The summed E-state index contributed by atoms with van der Waals surface area (Å²) < 4.78 is 0. The van der Waals surface area contributed by atoms with Crippen LogP contribution in [0.2, 0.25) is 10.0 Å². The van der Waals surface area contributed by atoms with Crippen molar-refractivity contribution in [1.82, 2.24) is 10.6 Å². The Morgan fingerprint density at radius 1 is 0.769 bits per heavy atom. The van der Waals surface area contributed by atoms with Gasteiger partial charge in [-0.25, -0.2) is 0 Å². The van der Waals surface area contributed by atoms with Crippen LogP contribution in [0.5, 0.6) is 17.2 Å². The number of nitrogens with one attached hydrogen (secondary N) is 2. The first-order valence-corrected chi connectivity index (χ1v) is 13.3. The van der Waals surface area contributed by atoms with Gasteiger partial charge in [-0.1, -0.05) is 35.3 Å². The number of benzene rings is 3. The summed E-state index contributed by atoms with van der Waals surface area (Å²) >= 11 is 11.8. The minimum absolute atomic E-state index is 0.0532. The molecule has 0 bridgehead atoms. The summed E-state index contributed by atoms with van der Waals surface area (Å²) in [6.07, 6.45) is -0.719. The zero-order valence-corrected chi connectivity index (χ0v) is 24.1. The van der Waals surface area contributed by atoms with Crippen molar-refractivity contribution in [2.24, 2.45) is 0 Å². The predicted octanol–water partition coefficient (Wildman–Crippen LogP) is 5.05. The molecule has 3 atom stereocenters. The van der Waals surface area contributed by atoms with Crippen LogP contribution in [0.25, 0.3) is 0 Å². The van der Waals surface area contributed by atoms with Gasteiger partial charge in [0.25, 0.3) is 0 Å². The van der Waals surface area contributed by atoms with E-state index >= 15 is 0 Å². The van der Waals surface area contributed by atoms with Gasteiger partial charge in [-0.3, -0.25) is 0 Å². The van der Waals surface area contributed by atoms with Crippen molar-refractivity contribution in [3.8, 4) is 17.2 Å². The zero-order chi connectivity index (χ0) is 29.3. The molecule has 0 radical (unpaired) electrons.